The Bertz CT molecular complexity index is 875. The number of benzene rings is 1. The molecule has 140 valence electrons. The third-order valence-corrected chi connectivity index (χ3v) is 3.71. The Balaban J connectivity index is 0.00000243. The van der Waals surface area contributed by atoms with Crippen molar-refractivity contribution in [3.8, 4) is 0 Å². The molecule has 0 spiro atoms. The summed E-state index contributed by atoms with van der Waals surface area (Å²) in [7, 11) is 0. The summed E-state index contributed by atoms with van der Waals surface area (Å²) in [5, 5.41) is 11.2. The van der Waals surface area contributed by atoms with E-state index in [0.717, 1.165) is 29.4 Å². The van der Waals surface area contributed by atoms with Crippen LogP contribution in [0.5, 0.6) is 0 Å². The maximum Gasteiger partial charge on any atom is 0.223 e. The lowest BCUT2D eigenvalue weighted by Gasteiger charge is -2.10. The molecule has 2 heterocycles. The van der Waals surface area contributed by atoms with Gasteiger partial charge in [0, 0.05) is 37.1 Å². The molecule has 0 atom stereocenters. The van der Waals surface area contributed by atoms with Gasteiger partial charge in [-0.2, -0.15) is 4.98 Å². The first-order valence-corrected chi connectivity index (χ1v) is 8.22. The Kier molecular flexibility index (Phi) is 7.37. The van der Waals surface area contributed by atoms with Crippen LogP contribution in [0.15, 0.2) is 33.9 Å². The van der Waals surface area contributed by atoms with E-state index in [9.17, 15) is 4.39 Å². The molecule has 0 saturated carbocycles. The van der Waals surface area contributed by atoms with Gasteiger partial charge in [0.1, 0.15) is 12.4 Å². The second-order valence-electron chi connectivity index (χ2n) is 5.61. The van der Waals surface area contributed by atoms with Gasteiger partial charge in [-0.25, -0.2) is 9.38 Å². The van der Waals surface area contributed by atoms with Crippen LogP contribution < -0.4 is 10.6 Å². The maximum absolute atomic E-state index is 13.4. The van der Waals surface area contributed by atoms with Crippen LogP contribution in [0.4, 0.5) is 4.39 Å². The van der Waals surface area contributed by atoms with Gasteiger partial charge in [-0.15, -0.1) is 24.0 Å². The number of fused-ring (bicyclic) bond motifs is 1. The topological polar surface area (TPSA) is 91.1 Å². The summed E-state index contributed by atoms with van der Waals surface area (Å²) >= 11 is 0. The summed E-state index contributed by atoms with van der Waals surface area (Å²) in [5.41, 5.74) is 2.00. The fourth-order valence-electron chi connectivity index (χ4n) is 2.57. The van der Waals surface area contributed by atoms with E-state index < -0.39 is 0 Å². The van der Waals surface area contributed by atoms with E-state index in [1.54, 1.807) is 19.1 Å². The van der Waals surface area contributed by atoms with Crippen molar-refractivity contribution in [3.05, 3.63) is 47.5 Å². The molecule has 0 bridgehead atoms. The zero-order chi connectivity index (χ0) is 17.6. The Hall–Kier alpha value is -2.17. The number of hydrogen-bond acceptors (Lipinski definition) is 4. The highest BCUT2D eigenvalue weighted by Gasteiger charge is 2.06. The van der Waals surface area contributed by atoms with Gasteiger partial charge < -0.3 is 20.1 Å². The molecule has 0 amide bonds. The quantitative estimate of drug-likeness (QED) is 0.292. The van der Waals surface area contributed by atoms with Crippen LogP contribution in [0.1, 0.15) is 24.2 Å². The van der Waals surface area contributed by atoms with Crippen molar-refractivity contribution in [1.82, 2.24) is 25.8 Å². The fraction of sp³-hybridized carbons (Fsp3) is 0.353. The number of H-pyrrole nitrogens is 1. The van der Waals surface area contributed by atoms with E-state index in [0.29, 0.717) is 30.8 Å². The highest BCUT2D eigenvalue weighted by molar-refractivity contribution is 14.0. The van der Waals surface area contributed by atoms with E-state index in [2.05, 4.69) is 30.8 Å². The van der Waals surface area contributed by atoms with Crippen molar-refractivity contribution in [2.45, 2.75) is 26.8 Å². The Morgan fingerprint density at radius 2 is 2.19 bits per heavy atom. The zero-order valence-electron chi connectivity index (χ0n) is 14.7. The van der Waals surface area contributed by atoms with Gasteiger partial charge in [-0.05, 0) is 37.1 Å². The zero-order valence-corrected chi connectivity index (χ0v) is 17.0. The Morgan fingerprint density at radius 3 is 2.92 bits per heavy atom. The minimum atomic E-state index is -0.230. The van der Waals surface area contributed by atoms with Gasteiger partial charge in [0.2, 0.25) is 5.89 Å². The number of halogens is 2. The van der Waals surface area contributed by atoms with Gasteiger partial charge >= 0.3 is 0 Å². The predicted octanol–water partition coefficient (Wildman–Crippen LogP) is 2.91. The van der Waals surface area contributed by atoms with Crippen LogP contribution in [0.25, 0.3) is 10.9 Å². The second-order valence-corrected chi connectivity index (χ2v) is 5.61. The molecule has 0 aliphatic carbocycles. The lowest BCUT2D eigenvalue weighted by Crippen LogP contribution is -2.38. The number of hydrogen-bond donors (Lipinski definition) is 3. The number of aromatic amines is 1. The predicted molar refractivity (Wildman–Crippen MR) is 109 cm³/mol. The Morgan fingerprint density at radius 1 is 1.35 bits per heavy atom. The van der Waals surface area contributed by atoms with E-state index in [1.165, 1.54) is 6.07 Å². The molecule has 1 aromatic carbocycles. The van der Waals surface area contributed by atoms with Crippen molar-refractivity contribution in [3.63, 3.8) is 0 Å². The van der Waals surface area contributed by atoms with Crippen LogP contribution in [-0.2, 0) is 13.0 Å². The van der Waals surface area contributed by atoms with Gasteiger partial charge in [0.05, 0.1) is 0 Å². The largest absolute Gasteiger partial charge is 0.361 e. The molecule has 0 unspecified atom stereocenters. The lowest BCUT2D eigenvalue weighted by atomic mass is 10.1. The van der Waals surface area contributed by atoms with E-state index in [-0.39, 0.29) is 29.8 Å². The molecule has 3 rings (SSSR count). The van der Waals surface area contributed by atoms with Gasteiger partial charge in [0.25, 0.3) is 0 Å². The average molecular weight is 472 g/mol. The van der Waals surface area contributed by atoms with Crippen molar-refractivity contribution in [1.29, 1.82) is 0 Å². The molecule has 9 heteroatoms. The summed E-state index contributed by atoms with van der Waals surface area (Å²) in [6, 6.07) is 4.76. The highest BCUT2D eigenvalue weighted by Crippen LogP contribution is 2.19. The molecule has 3 N–H and O–H groups in total. The van der Waals surface area contributed by atoms with Crippen molar-refractivity contribution in [2.24, 2.45) is 4.99 Å². The first-order chi connectivity index (χ1) is 12.2. The number of guanidine groups is 1. The summed E-state index contributed by atoms with van der Waals surface area (Å²) in [4.78, 5) is 11.7. The van der Waals surface area contributed by atoms with Crippen molar-refractivity contribution >= 4 is 40.8 Å². The van der Waals surface area contributed by atoms with Gasteiger partial charge in [-0.3, -0.25) is 0 Å². The van der Waals surface area contributed by atoms with Gasteiger partial charge in [0.15, 0.2) is 11.8 Å². The molecule has 0 fully saturated rings. The average Bonchev–Trinajstić information content (AvgIpc) is 3.19. The van der Waals surface area contributed by atoms with E-state index in [4.69, 9.17) is 4.52 Å². The molecule has 3 aromatic rings. The van der Waals surface area contributed by atoms with Crippen LogP contribution in [0.2, 0.25) is 0 Å². The summed E-state index contributed by atoms with van der Waals surface area (Å²) in [6.07, 6.45) is 2.66. The second kappa shape index (κ2) is 9.51. The molecule has 7 nitrogen and oxygen atoms in total. The molecule has 0 radical (unpaired) electrons. The molecule has 0 saturated heterocycles. The van der Waals surface area contributed by atoms with Crippen LogP contribution in [-0.4, -0.2) is 34.2 Å². The molecule has 0 aliphatic heterocycles. The van der Waals surface area contributed by atoms with Crippen LogP contribution in [0, 0.1) is 12.7 Å². The number of aliphatic imine (C=N–C) groups is 1. The smallest absolute Gasteiger partial charge is 0.223 e. The molecule has 26 heavy (non-hydrogen) atoms. The molecule has 2 aromatic heterocycles. The minimum absolute atomic E-state index is 0. The fourth-order valence-corrected chi connectivity index (χ4v) is 2.57. The number of nitrogens with one attached hydrogen (secondary N) is 3. The number of aryl methyl sites for hydroxylation is 1. The molecule has 0 aliphatic rings. The van der Waals surface area contributed by atoms with E-state index in [1.807, 2.05) is 13.1 Å². The first-order valence-electron chi connectivity index (χ1n) is 8.22. The van der Waals surface area contributed by atoms with E-state index >= 15 is 0 Å². The summed E-state index contributed by atoms with van der Waals surface area (Å²) in [5.74, 6) is 1.51. The summed E-state index contributed by atoms with van der Waals surface area (Å²) < 4.78 is 18.4. The van der Waals surface area contributed by atoms with Crippen LogP contribution >= 0.6 is 24.0 Å². The number of aromatic nitrogens is 3. The first kappa shape index (κ1) is 20.1. The summed E-state index contributed by atoms with van der Waals surface area (Å²) in [6.45, 7) is 5.49. The third-order valence-electron chi connectivity index (χ3n) is 3.71. The van der Waals surface area contributed by atoms with Crippen LogP contribution in [0.3, 0.4) is 0 Å². The van der Waals surface area contributed by atoms with Crippen molar-refractivity contribution in [2.75, 3.05) is 13.1 Å². The third kappa shape index (κ3) is 5.16. The Labute approximate surface area is 167 Å². The number of rotatable bonds is 6. The molecular formula is C17H22FIN6O. The standard InChI is InChI=1S/C17H21FN6O.HI/c1-3-19-17(22-10-16-23-11(2)25-24-16)20-7-6-12-9-21-15-5-4-13(18)8-14(12)15;/h4-5,8-9,21H,3,6-7,10H2,1-2H3,(H2,19,20,22);1H. The monoisotopic (exact) mass is 472 g/mol. The van der Waals surface area contributed by atoms with Gasteiger partial charge in [-0.1, -0.05) is 5.16 Å². The maximum atomic E-state index is 13.4. The minimum Gasteiger partial charge on any atom is -0.361 e. The normalized spacial score (nSPS) is 11.4. The highest BCUT2D eigenvalue weighted by atomic mass is 127. The molecular weight excluding hydrogens is 450 g/mol. The van der Waals surface area contributed by atoms with Crippen molar-refractivity contribution < 1.29 is 8.91 Å². The SMILES string of the molecule is CCNC(=NCc1noc(C)n1)NCCc1c[nH]c2ccc(F)cc12.I. The number of nitrogens with zero attached hydrogens (tertiary/aromatic N) is 3. The lowest BCUT2D eigenvalue weighted by molar-refractivity contribution is 0.387.